The predicted octanol–water partition coefficient (Wildman–Crippen LogP) is 4.06. The lowest BCUT2D eigenvalue weighted by Crippen LogP contribution is -2.48. The molecule has 0 radical (unpaired) electrons. The van der Waals surface area contributed by atoms with E-state index >= 15 is 0 Å². The molecule has 1 aliphatic heterocycles. The number of piperidine rings is 1. The first-order valence-corrected chi connectivity index (χ1v) is 11.6. The molecule has 178 valence electrons. The van der Waals surface area contributed by atoms with E-state index in [0.717, 1.165) is 30.5 Å². The molecule has 0 saturated carbocycles. The van der Waals surface area contributed by atoms with Gasteiger partial charge in [-0.3, -0.25) is 9.69 Å². The fourth-order valence-electron chi connectivity index (χ4n) is 4.06. The number of nitrogens with one attached hydrogen (secondary N) is 1. The maximum absolute atomic E-state index is 12.8. The summed E-state index contributed by atoms with van der Waals surface area (Å²) in [6, 6.07) is 14.0. The Hall–Kier alpha value is -3.23. The Kier molecular flexibility index (Phi) is 7.59. The summed E-state index contributed by atoms with van der Waals surface area (Å²) in [5.74, 6) is 0.764. The maximum Gasteiger partial charge on any atom is 0.337 e. The molecule has 2 unspecified atom stereocenters. The van der Waals surface area contributed by atoms with Crippen molar-refractivity contribution in [3.63, 3.8) is 0 Å². The van der Waals surface area contributed by atoms with Gasteiger partial charge in [-0.05, 0) is 68.3 Å². The number of aromatic nitrogens is 2. The molecule has 4 rings (SSSR count). The van der Waals surface area contributed by atoms with Crippen molar-refractivity contribution in [3.05, 3.63) is 70.6 Å². The summed E-state index contributed by atoms with van der Waals surface area (Å²) in [7, 11) is 1.35. The summed E-state index contributed by atoms with van der Waals surface area (Å²) in [4.78, 5) is 31.1. The molecule has 1 fully saturated rings. The van der Waals surface area contributed by atoms with Crippen LogP contribution in [-0.4, -0.2) is 53.2 Å². The first kappa shape index (κ1) is 23.9. The van der Waals surface area contributed by atoms with Crippen LogP contribution in [0.15, 0.2) is 53.1 Å². The highest BCUT2D eigenvalue weighted by atomic mass is 35.5. The second-order valence-corrected chi connectivity index (χ2v) is 8.82. The second kappa shape index (κ2) is 10.8. The molecule has 2 aromatic carbocycles. The Balaban J connectivity index is 1.33. The molecule has 1 aromatic heterocycles. The van der Waals surface area contributed by atoms with E-state index in [2.05, 4.69) is 20.4 Å². The minimum atomic E-state index is -0.384. The lowest BCUT2D eigenvalue weighted by Gasteiger charge is -2.34. The molecule has 2 heterocycles. The number of hydrogen-bond donors (Lipinski definition) is 1. The molecular weight excluding hydrogens is 456 g/mol. The van der Waals surface area contributed by atoms with Crippen LogP contribution in [0.2, 0.25) is 5.02 Å². The van der Waals surface area contributed by atoms with Gasteiger partial charge >= 0.3 is 5.97 Å². The van der Waals surface area contributed by atoms with Gasteiger partial charge in [0.1, 0.15) is 0 Å². The number of methoxy groups -OCH3 is 1. The van der Waals surface area contributed by atoms with E-state index in [0.29, 0.717) is 35.4 Å². The van der Waals surface area contributed by atoms with Crippen LogP contribution >= 0.6 is 11.6 Å². The normalized spacial score (nSPS) is 17.2. The van der Waals surface area contributed by atoms with Gasteiger partial charge in [-0.2, -0.15) is 4.98 Å². The van der Waals surface area contributed by atoms with E-state index in [4.69, 9.17) is 20.9 Å². The number of carbonyl (C=O) groups excluding carboxylic acids is 2. The van der Waals surface area contributed by atoms with E-state index in [9.17, 15) is 9.59 Å². The molecule has 0 aliphatic carbocycles. The third-order valence-electron chi connectivity index (χ3n) is 6.12. The van der Waals surface area contributed by atoms with Crippen LogP contribution in [0.5, 0.6) is 0 Å². The van der Waals surface area contributed by atoms with Crippen molar-refractivity contribution in [2.75, 3.05) is 20.2 Å². The van der Waals surface area contributed by atoms with Crippen molar-refractivity contribution in [1.82, 2.24) is 20.4 Å². The largest absolute Gasteiger partial charge is 0.465 e. The minimum absolute atomic E-state index is 0.0509. The molecule has 0 bridgehead atoms. The van der Waals surface area contributed by atoms with Crippen LogP contribution in [0.3, 0.4) is 0 Å². The Morgan fingerprint density at radius 3 is 2.65 bits per heavy atom. The van der Waals surface area contributed by atoms with Crippen LogP contribution in [-0.2, 0) is 16.1 Å². The molecular formula is C25H27ClN4O4. The lowest BCUT2D eigenvalue weighted by molar-refractivity contribution is -0.126. The lowest BCUT2D eigenvalue weighted by atomic mass is 9.96. The maximum atomic E-state index is 12.8. The standard InChI is InChI=1S/C25H27ClN4O4/c1-16(23(31)27-14-17-5-7-19(8-6-17)25(32)33-2)30-13-3-4-20(15-30)24-28-22(29-34-24)18-9-11-21(26)12-10-18/h5-12,16,20H,3-4,13-15H2,1-2H3,(H,27,31). The van der Waals surface area contributed by atoms with Gasteiger partial charge in [-0.1, -0.05) is 28.9 Å². The number of nitrogens with zero attached hydrogens (tertiary/aromatic N) is 3. The third-order valence-corrected chi connectivity index (χ3v) is 6.37. The van der Waals surface area contributed by atoms with Gasteiger partial charge in [0, 0.05) is 23.7 Å². The van der Waals surface area contributed by atoms with Crippen molar-refractivity contribution in [2.45, 2.75) is 38.3 Å². The number of ether oxygens (including phenoxy) is 1. The third kappa shape index (κ3) is 5.63. The van der Waals surface area contributed by atoms with Gasteiger partial charge in [0.25, 0.3) is 0 Å². The molecule has 2 atom stereocenters. The van der Waals surface area contributed by atoms with Gasteiger partial charge in [0.2, 0.25) is 17.6 Å². The summed E-state index contributed by atoms with van der Waals surface area (Å²) >= 11 is 5.96. The van der Waals surface area contributed by atoms with Crippen molar-refractivity contribution in [1.29, 1.82) is 0 Å². The minimum Gasteiger partial charge on any atom is -0.465 e. The molecule has 8 nitrogen and oxygen atoms in total. The SMILES string of the molecule is COC(=O)c1ccc(CNC(=O)C(C)N2CCCC(c3nc(-c4ccc(Cl)cc4)no3)C2)cc1. The number of rotatable bonds is 7. The molecule has 34 heavy (non-hydrogen) atoms. The smallest absolute Gasteiger partial charge is 0.337 e. The number of likely N-dealkylation sites (tertiary alicyclic amines) is 1. The van der Waals surface area contributed by atoms with E-state index in [-0.39, 0.29) is 23.8 Å². The van der Waals surface area contributed by atoms with Crippen LogP contribution in [0, 0.1) is 0 Å². The quantitative estimate of drug-likeness (QED) is 0.507. The number of hydrogen-bond acceptors (Lipinski definition) is 7. The summed E-state index contributed by atoms with van der Waals surface area (Å²) in [5, 5.41) is 7.76. The Labute approximate surface area is 203 Å². The average molecular weight is 483 g/mol. The van der Waals surface area contributed by atoms with Crippen LogP contribution in [0.1, 0.15) is 47.5 Å². The first-order valence-electron chi connectivity index (χ1n) is 11.2. The van der Waals surface area contributed by atoms with E-state index in [1.54, 1.807) is 24.3 Å². The number of carbonyl (C=O) groups is 2. The summed E-state index contributed by atoms with van der Waals surface area (Å²) < 4.78 is 10.3. The van der Waals surface area contributed by atoms with Crippen LogP contribution < -0.4 is 5.32 Å². The summed E-state index contributed by atoms with van der Waals surface area (Å²) in [6.07, 6.45) is 1.87. The topological polar surface area (TPSA) is 97.6 Å². The van der Waals surface area contributed by atoms with Crippen molar-refractivity contribution >= 4 is 23.5 Å². The van der Waals surface area contributed by atoms with E-state index < -0.39 is 0 Å². The van der Waals surface area contributed by atoms with Crippen molar-refractivity contribution in [2.24, 2.45) is 0 Å². The highest BCUT2D eigenvalue weighted by molar-refractivity contribution is 6.30. The highest BCUT2D eigenvalue weighted by Crippen LogP contribution is 2.29. The fraction of sp³-hybridized carbons (Fsp3) is 0.360. The Morgan fingerprint density at radius 2 is 1.94 bits per heavy atom. The predicted molar refractivity (Wildman–Crippen MR) is 127 cm³/mol. The molecule has 1 aliphatic rings. The van der Waals surface area contributed by atoms with Gasteiger partial charge in [0.05, 0.1) is 24.6 Å². The van der Waals surface area contributed by atoms with Crippen LogP contribution in [0.4, 0.5) is 0 Å². The zero-order valence-electron chi connectivity index (χ0n) is 19.2. The van der Waals surface area contributed by atoms with E-state index in [1.165, 1.54) is 7.11 Å². The van der Waals surface area contributed by atoms with Gasteiger partial charge in [-0.15, -0.1) is 0 Å². The van der Waals surface area contributed by atoms with Gasteiger partial charge < -0.3 is 14.6 Å². The van der Waals surface area contributed by atoms with Crippen molar-refractivity contribution in [3.8, 4) is 11.4 Å². The number of benzene rings is 2. The zero-order chi connectivity index (χ0) is 24.1. The molecule has 1 saturated heterocycles. The summed E-state index contributed by atoms with van der Waals surface area (Å²) in [6.45, 7) is 3.79. The Morgan fingerprint density at radius 1 is 1.21 bits per heavy atom. The Bertz CT molecular complexity index is 1130. The molecule has 1 amide bonds. The van der Waals surface area contributed by atoms with E-state index in [1.807, 2.05) is 31.2 Å². The van der Waals surface area contributed by atoms with Crippen LogP contribution in [0.25, 0.3) is 11.4 Å². The second-order valence-electron chi connectivity index (χ2n) is 8.38. The fourth-order valence-corrected chi connectivity index (χ4v) is 4.18. The molecule has 1 N–H and O–H groups in total. The molecule has 3 aromatic rings. The molecule has 0 spiro atoms. The molecule has 9 heteroatoms. The number of esters is 1. The van der Waals surface area contributed by atoms with Crippen molar-refractivity contribution < 1.29 is 18.8 Å². The average Bonchev–Trinajstić information content (AvgIpc) is 3.37. The zero-order valence-corrected chi connectivity index (χ0v) is 19.9. The monoisotopic (exact) mass is 482 g/mol. The van der Waals surface area contributed by atoms with Gasteiger partial charge in [0.15, 0.2) is 0 Å². The summed E-state index contributed by atoms with van der Waals surface area (Å²) in [5.41, 5.74) is 2.23. The number of halogens is 1. The highest BCUT2D eigenvalue weighted by Gasteiger charge is 2.31. The first-order chi connectivity index (χ1) is 16.4. The van der Waals surface area contributed by atoms with Gasteiger partial charge in [-0.25, -0.2) is 4.79 Å². The number of amides is 1.